The SMILES string of the molecule is C[C@H]1CO[C@@H](c2nc(-c3ccc(C(=O)N(N)c4cc(C(F)(F)F)ccn4)cc3F)c3cnccn23)CN1C1CCC(C)(C(=O)O)CC1. The van der Waals surface area contributed by atoms with Crippen molar-refractivity contribution >= 4 is 23.2 Å². The van der Waals surface area contributed by atoms with Gasteiger partial charge in [0, 0.05) is 48.3 Å². The third-order valence-corrected chi connectivity index (χ3v) is 9.30. The molecule has 2 atom stereocenters. The quantitative estimate of drug-likeness (QED) is 0.123. The van der Waals surface area contributed by atoms with Crippen LogP contribution in [0.1, 0.15) is 67.4 Å². The number of hydrazine groups is 1. The standard InChI is InChI=1S/C32H33F4N7O4/c1-18-17-47-25(16-42(18)21-5-8-31(2,9-6-21)30(45)46)28-40-27(24-15-38-11-12-41(24)28)22-4-3-19(13-23(22)33)29(44)43(37)26-14-20(7-10-39-26)32(34,35)36/h3-4,7,10-15,18,21,25H,5-6,8-9,16-17,37H2,1-2H3,(H,45,46)/t18-,21?,25+,31?/m0/s1. The largest absolute Gasteiger partial charge is 0.481 e. The summed E-state index contributed by atoms with van der Waals surface area (Å²) in [5.74, 6) is 3.35. The lowest BCUT2D eigenvalue weighted by molar-refractivity contribution is -0.151. The fourth-order valence-corrected chi connectivity index (χ4v) is 6.42. The molecule has 1 aromatic carbocycles. The number of benzene rings is 1. The van der Waals surface area contributed by atoms with Gasteiger partial charge in [-0.1, -0.05) is 0 Å². The highest BCUT2D eigenvalue weighted by Crippen LogP contribution is 2.40. The Morgan fingerprint density at radius 2 is 1.89 bits per heavy atom. The molecule has 1 amide bonds. The number of ether oxygens (including phenoxy) is 1. The maximum Gasteiger partial charge on any atom is 0.416 e. The number of rotatable bonds is 6. The van der Waals surface area contributed by atoms with E-state index in [-0.39, 0.29) is 28.9 Å². The monoisotopic (exact) mass is 655 g/mol. The Morgan fingerprint density at radius 3 is 2.57 bits per heavy atom. The van der Waals surface area contributed by atoms with Crippen molar-refractivity contribution in [1.82, 2.24) is 24.3 Å². The van der Waals surface area contributed by atoms with Crippen LogP contribution in [0, 0.1) is 11.2 Å². The first-order valence-corrected chi connectivity index (χ1v) is 15.1. The van der Waals surface area contributed by atoms with E-state index in [4.69, 9.17) is 15.6 Å². The number of carboxylic acids is 1. The molecule has 3 aromatic heterocycles. The summed E-state index contributed by atoms with van der Waals surface area (Å²) >= 11 is 0. The molecule has 248 valence electrons. The number of anilines is 1. The number of morpholine rings is 1. The van der Waals surface area contributed by atoms with Gasteiger partial charge in [-0.05, 0) is 69.9 Å². The van der Waals surface area contributed by atoms with Gasteiger partial charge in [-0.3, -0.25) is 23.9 Å². The predicted octanol–water partition coefficient (Wildman–Crippen LogP) is 5.27. The van der Waals surface area contributed by atoms with Gasteiger partial charge in [0.15, 0.2) is 5.82 Å². The molecule has 6 rings (SSSR count). The summed E-state index contributed by atoms with van der Waals surface area (Å²) in [5, 5.41) is 10.1. The van der Waals surface area contributed by atoms with Crippen molar-refractivity contribution in [1.29, 1.82) is 0 Å². The number of nitrogens with zero attached hydrogens (tertiary/aromatic N) is 6. The van der Waals surface area contributed by atoms with Crippen molar-refractivity contribution in [2.45, 2.75) is 63.9 Å². The molecule has 0 spiro atoms. The Balaban J connectivity index is 1.26. The zero-order chi connectivity index (χ0) is 33.7. The van der Waals surface area contributed by atoms with Crippen molar-refractivity contribution < 1.29 is 37.0 Å². The molecule has 47 heavy (non-hydrogen) atoms. The zero-order valence-corrected chi connectivity index (χ0v) is 25.6. The summed E-state index contributed by atoms with van der Waals surface area (Å²) in [6.07, 6.45) is 3.22. The number of amides is 1. The Bertz CT molecular complexity index is 1820. The first-order valence-electron chi connectivity index (χ1n) is 15.1. The van der Waals surface area contributed by atoms with E-state index >= 15 is 4.39 Å². The van der Waals surface area contributed by atoms with Gasteiger partial charge in [-0.15, -0.1) is 0 Å². The molecule has 2 fully saturated rings. The van der Waals surface area contributed by atoms with Crippen molar-refractivity contribution in [3.63, 3.8) is 0 Å². The van der Waals surface area contributed by atoms with Crippen molar-refractivity contribution in [3.8, 4) is 11.3 Å². The van der Waals surface area contributed by atoms with E-state index in [0.29, 0.717) is 48.4 Å². The Kier molecular flexibility index (Phi) is 8.48. The van der Waals surface area contributed by atoms with E-state index in [9.17, 15) is 27.9 Å². The minimum absolute atomic E-state index is 0.0698. The van der Waals surface area contributed by atoms with E-state index < -0.39 is 46.8 Å². The fraction of sp³-hybridized carbons (Fsp3) is 0.406. The number of aliphatic carboxylic acids is 1. The summed E-state index contributed by atoms with van der Waals surface area (Å²) in [7, 11) is 0. The minimum atomic E-state index is -4.67. The van der Waals surface area contributed by atoms with Crippen LogP contribution in [0.2, 0.25) is 0 Å². The van der Waals surface area contributed by atoms with Crippen LogP contribution < -0.4 is 10.9 Å². The van der Waals surface area contributed by atoms with Crippen LogP contribution >= 0.6 is 0 Å². The van der Waals surface area contributed by atoms with Gasteiger partial charge in [0.25, 0.3) is 5.91 Å². The van der Waals surface area contributed by atoms with Gasteiger partial charge >= 0.3 is 12.1 Å². The second-order valence-corrected chi connectivity index (χ2v) is 12.4. The topological polar surface area (TPSA) is 139 Å². The number of halogens is 4. The van der Waals surface area contributed by atoms with Gasteiger partial charge in [0.1, 0.15) is 23.4 Å². The van der Waals surface area contributed by atoms with E-state index in [1.807, 2.05) is 0 Å². The molecular weight excluding hydrogens is 622 g/mol. The van der Waals surface area contributed by atoms with Crippen LogP contribution in [0.5, 0.6) is 0 Å². The lowest BCUT2D eigenvalue weighted by Gasteiger charge is -2.46. The smallest absolute Gasteiger partial charge is 0.416 e. The summed E-state index contributed by atoms with van der Waals surface area (Å²) in [6.45, 7) is 4.80. The van der Waals surface area contributed by atoms with Gasteiger partial charge < -0.3 is 9.84 Å². The molecule has 3 N–H and O–H groups in total. The number of fused-ring (bicyclic) bond motifs is 1. The van der Waals surface area contributed by atoms with Crippen LogP contribution in [0.4, 0.5) is 23.4 Å². The molecule has 0 unspecified atom stereocenters. The first kappa shape index (κ1) is 32.5. The van der Waals surface area contributed by atoms with E-state index in [0.717, 1.165) is 31.2 Å². The number of nitrogens with two attached hydrogens (primary N) is 1. The van der Waals surface area contributed by atoms with E-state index in [1.54, 1.807) is 29.9 Å². The van der Waals surface area contributed by atoms with Gasteiger partial charge in [0.05, 0.1) is 29.3 Å². The third kappa shape index (κ3) is 6.17. The highest BCUT2D eigenvalue weighted by molar-refractivity contribution is 6.05. The Labute approximate surface area is 267 Å². The number of carbonyl (C=O) groups is 2. The number of hydrogen-bond acceptors (Lipinski definition) is 8. The van der Waals surface area contributed by atoms with Crippen LogP contribution in [0.15, 0.2) is 55.1 Å². The van der Waals surface area contributed by atoms with Crippen LogP contribution in [-0.2, 0) is 15.7 Å². The van der Waals surface area contributed by atoms with Crippen molar-refractivity contribution in [3.05, 3.63) is 77.9 Å². The van der Waals surface area contributed by atoms with Crippen LogP contribution in [-0.4, -0.2) is 66.5 Å². The van der Waals surface area contributed by atoms with E-state index in [1.165, 1.54) is 12.1 Å². The highest BCUT2D eigenvalue weighted by atomic mass is 19.4. The van der Waals surface area contributed by atoms with Crippen molar-refractivity contribution in [2.75, 3.05) is 18.2 Å². The number of imidazole rings is 1. The number of alkyl halides is 3. The predicted molar refractivity (Wildman–Crippen MR) is 161 cm³/mol. The zero-order valence-electron chi connectivity index (χ0n) is 25.6. The molecule has 4 aromatic rings. The Hall–Kier alpha value is -4.47. The number of aromatic nitrogens is 4. The molecule has 1 saturated carbocycles. The average molecular weight is 656 g/mol. The van der Waals surface area contributed by atoms with Crippen LogP contribution in [0.25, 0.3) is 16.8 Å². The lowest BCUT2D eigenvalue weighted by Crippen LogP contribution is -2.52. The number of carboxylic acid groups (broad SMARTS) is 1. The highest BCUT2D eigenvalue weighted by Gasteiger charge is 2.42. The molecule has 2 aliphatic rings. The van der Waals surface area contributed by atoms with E-state index in [2.05, 4.69) is 21.8 Å². The molecule has 11 nitrogen and oxygen atoms in total. The molecule has 1 aliphatic carbocycles. The van der Waals surface area contributed by atoms with Gasteiger partial charge in [-0.2, -0.15) is 13.2 Å². The number of pyridine rings is 1. The third-order valence-electron chi connectivity index (χ3n) is 9.30. The summed E-state index contributed by atoms with van der Waals surface area (Å²) in [4.78, 5) is 39.9. The van der Waals surface area contributed by atoms with Gasteiger partial charge in [-0.25, -0.2) is 25.2 Å². The Morgan fingerprint density at radius 1 is 1.15 bits per heavy atom. The minimum Gasteiger partial charge on any atom is -0.481 e. The normalized spacial score (nSPS) is 23.9. The molecular formula is C32H33F4N7O4. The molecule has 0 radical (unpaired) electrons. The van der Waals surface area contributed by atoms with Crippen LogP contribution in [0.3, 0.4) is 0 Å². The van der Waals surface area contributed by atoms with Crippen molar-refractivity contribution in [2.24, 2.45) is 11.3 Å². The fourth-order valence-electron chi connectivity index (χ4n) is 6.42. The molecule has 1 saturated heterocycles. The molecule has 0 bridgehead atoms. The maximum atomic E-state index is 15.7. The molecule has 1 aliphatic heterocycles. The summed E-state index contributed by atoms with van der Waals surface area (Å²) < 4.78 is 63.2. The molecule has 4 heterocycles. The second-order valence-electron chi connectivity index (χ2n) is 12.4. The molecule has 15 heteroatoms. The van der Waals surface area contributed by atoms with Gasteiger partial charge in [0.2, 0.25) is 0 Å². The summed E-state index contributed by atoms with van der Waals surface area (Å²) in [5.41, 5.74) is -1.14. The summed E-state index contributed by atoms with van der Waals surface area (Å²) in [6, 6.07) is 5.28. The second kappa shape index (κ2) is 12.3. The maximum absolute atomic E-state index is 15.7. The first-order chi connectivity index (χ1) is 22.3. The number of carbonyl (C=O) groups excluding carboxylic acids is 1. The number of hydrogen-bond donors (Lipinski definition) is 2. The average Bonchev–Trinajstić information content (AvgIpc) is 3.44. The lowest BCUT2D eigenvalue weighted by atomic mass is 9.73.